The van der Waals surface area contributed by atoms with Crippen molar-refractivity contribution in [2.24, 2.45) is 5.92 Å². The summed E-state index contributed by atoms with van der Waals surface area (Å²) in [6.07, 6.45) is 1.91. The fourth-order valence-corrected chi connectivity index (χ4v) is 1.59. The Balaban J connectivity index is 2.39. The molecule has 0 aliphatic rings. The fourth-order valence-electron chi connectivity index (χ4n) is 1.59. The largest absolute Gasteiger partial charge is 0.488 e. The van der Waals surface area contributed by atoms with Crippen molar-refractivity contribution in [3.05, 3.63) is 30.5 Å². The molecule has 0 aliphatic heterocycles. The summed E-state index contributed by atoms with van der Waals surface area (Å²) in [5, 5.41) is 0.945. The number of fused-ring (bicyclic) bond motifs is 1. The number of nitrogen functional groups attached to an aromatic ring is 1. The maximum Gasteiger partial charge on any atom is 0.143 e. The summed E-state index contributed by atoms with van der Waals surface area (Å²) in [6.45, 7) is 6.31. The molecule has 0 fully saturated rings. The van der Waals surface area contributed by atoms with Crippen LogP contribution in [0.2, 0.25) is 0 Å². The highest BCUT2D eigenvalue weighted by Crippen LogP contribution is 2.30. The van der Waals surface area contributed by atoms with Crippen molar-refractivity contribution >= 4 is 16.6 Å². The van der Waals surface area contributed by atoms with Crippen LogP contribution in [-0.2, 0) is 0 Å². The van der Waals surface area contributed by atoms with Crippen LogP contribution in [0.1, 0.15) is 20.8 Å². The SMILES string of the molecule is CC(C)C(C)Oc1ccc2ncccc2c1N. The third-order valence-electron chi connectivity index (χ3n) is 3.04. The van der Waals surface area contributed by atoms with Gasteiger partial charge in [0.15, 0.2) is 0 Å². The number of hydrogen-bond donors (Lipinski definition) is 1. The molecule has 2 aromatic rings. The number of aromatic nitrogens is 1. The van der Waals surface area contributed by atoms with Crippen LogP contribution >= 0.6 is 0 Å². The minimum absolute atomic E-state index is 0.145. The molecule has 0 radical (unpaired) electrons. The number of rotatable bonds is 3. The van der Waals surface area contributed by atoms with Gasteiger partial charge in [0.1, 0.15) is 5.75 Å². The number of anilines is 1. The van der Waals surface area contributed by atoms with Crippen LogP contribution in [0, 0.1) is 5.92 Å². The summed E-state index contributed by atoms with van der Waals surface area (Å²) in [7, 11) is 0. The van der Waals surface area contributed by atoms with Gasteiger partial charge in [-0.3, -0.25) is 4.98 Å². The van der Waals surface area contributed by atoms with Crippen LogP contribution in [0.4, 0.5) is 5.69 Å². The molecule has 17 heavy (non-hydrogen) atoms. The van der Waals surface area contributed by atoms with Crippen molar-refractivity contribution in [3.63, 3.8) is 0 Å². The molecule has 0 saturated heterocycles. The van der Waals surface area contributed by atoms with Gasteiger partial charge in [-0.2, -0.15) is 0 Å². The molecule has 90 valence electrons. The van der Waals surface area contributed by atoms with Crippen LogP contribution in [0.3, 0.4) is 0 Å². The Morgan fingerprint density at radius 1 is 1.18 bits per heavy atom. The van der Waals surface area contributed by atoms with Gasteiger partial charge in [-0.1, -0.05) is 13.8 Å². The number of hydrogen-bond acceptors (Lipinski definition) is 3. The van der Waals surface area contributed by atoms with Crippen LogP contribution in [-0.4, -0.2) is 11.1 Å². The van der Waals surface area contributed by atoms with E-state index in [2.05, 4.69) is 25.8 Å². The molecule has 1 atom stereocenters. The molecular formula is C14H18N2O. The number of ether oxygens (including phenoxy) is 1. The molecule has 1 heterocycles. The van der Waals surface area contributed by atoms with E-state index >= 15 is 0 Å². The maximum absolute atomic E-state index is 6.10. The van der Waals surface area contributed by atoms with E-state index in [9.17, 15) is 0 Å². The van der Waals surface area contributed by atoms with Gasteiger partial charge in [0.2, 0.25) is 0 Å². The molecule has 1 unspecified atom stereocenters. The predicted octanol–water partition coefficient (Wildman–Crippen LogP) is 3.24. The minimum Gasteiger partial charge on any atom is -0.488 e. The molecule has 2 N–H and O–H groups in total. The van der Waals surface area contributed by atoms with E-state index in [4.69, 9.17) is 10.5 Å². The van der Waals surface area contributed by atoms with Gasteiger partial charge in [-0.25, -0.2) is 0 Å². The summed E-state index contributed by atoms with van der Waals surface area (Å²) >= 11 is 0. The summed E-state index contributed by atoms with van der Waals surface area (Å²) in [5.74, 6) is 1.20. The Bertz CT molecular complexity index is 523. The Kier molecular flexibility index (Phi) is 3.18. The Morgan fingerprint density at radius 2 is 1.94 bits per heavy atom. The van der Waals surface area contributed by atoms with Crippen LogP contribution in [0.5, 0.6) is 5.75 Å². The predicted molar refractivity (Wildman–Crippen MR) is 71.1 cm³/mol. The van der Waals surface area contributed by atoms with Crippen molar-refractivity contribution < 1.29 is 4.74 Å². The summed E-state index contributed by atoms with van der Waals surface area (Å²) in [4.78, 5) is 4.26. The third-order valence-corrected chi connectivity index (χ3v) is 3.04. The Morgan fingerprint density at radius 3 is 2.65 bits per heavy atom. The average molecular weight is 230 g/mol. The van der Waals surface area contributed by atoms with Gasteiger partial charge >= 0.3 is 0 Å². The second-order valence-corrected chi connectivity index (χ2v) is 4.61. The molecule has 0 bridgehead atoms. The second kappa shape index (κ2) is 4.62. The molecule has 0 aliphatic carbocycles. The van der Waals surface area contributed by atoms with Gasteiger partial charge in [-0.15, -0.1) is 0 Å². The number of nitrogens with zero attached hydrogens (tertiary/aromatic N) is 1. The highest BCUT2D eigenvalue weighted by atomic mass is 16.5. The van der Waals surface area contributed by atoms with Crippen molar-refractivity contribution in [1.29, 1.82) is 0 Å². The van der Waals surface area contributed by atoms with Crippen molar-refractivity contribution in [1.82, 2.24) is 4.98 Å². The maximum atomic E-state index is 6.10. The van der Waals surface area contributed by atoms with E-state index in [0.717, 1.165) is 16.7 Å². The molecular weight excluding hydrogens is 212 g/mol. The van der Waals surface area contributed by atoms with E-state index in [1.807, 2.05) is 24.3 Å². The van der Waals surface area contributed by atoms with Gasteiger partial charge < -0.3 is 10.5 Å². The molecule has 3 heteroatoms. The molecule has 2 rings (SSSR count). The monoisotopic (exact) mass is 230 g/mol. The average Bonchev–Trinajstić information content (AvgIpc) is 2.33. The Labute approximate surface area is 102 Å². The molecule has 0 amide bonds. The van der Waals surface area contributed by atoms with Crippen LogP contribution in [0.25, 0.3) is 10.9 Å². The van der Waals surface area contributed by atoms with Gasteiger partial charge in [-0.05, 0) is 37.1 Å². The summed E-state index contributed by atoms with van der Waals surface area (Å²) in [5.41, 5.74) is 7.67. The lowest BCUT2D eigenvalue weighted by Gasteiger charge is -2.19. The van der Waals surface area contributed by atoms with Crippen molar-refractivity contribution in [2.45, 2.75) is 26.9 Å². The van der Waals surface area contributed by atoms with E-state index in [-0.39, 0.29) is 6.10 Å². The first kappa shape index (κ1) is 11.7. The number of nitrogens with two attached hydrogens (primary N) is 1. The van der Waals surface area contributed by atoms with E-state index < -0.39 is 0 Å². The van der Waals surface area contributed by atoms with Gasteiger partial charge in [0.05, 0.1) is 17.3 Å². The zero-order valence-electron chi connectivity index (χ0n) is 10.5. The number of benzene rings is 1. The molecule has 0 saturated carbocycles. The lowest BCUT2D eigenvalue weighted by atomic mass is 10.1. The Hall–Kier alpha value is -1.77. The second-order valence-electron chi connectivity index (χ2n) is 4.61. The smallest absolute Gasteiger partial charge is 0.143 e. The van der Waals surface area contributed by atoms with Gasteiger partial charge in [0, 0.05) is 11.6 Å². The van der Waals surface area contributed by atoms with Crippen molar-refractivity contribution in [3.8, 4) is 5.75 Å². The van der Waals surface area contributed by atoms with E-state index in [0.29, 0.717) is 11.6 Å². The zero-order valence-corrected chi connectivity index (χ0v) is 10.5. The number of pyridine rings is 1. The zero-order chi connectivity index (χ0) is 12.4. The standard InChI is InChI=1S/C14H18N2O/c1-9(2)10(3)17-13-7-6-12-11(14(13)15)5-4-8-16-12/h4-10H,15H2,1-3H3. The van der Waals surface area contributed by atoms with Crippen LogP contribution < -0.4 is 10.5 Å². The minimum atomic E-state index is 0.145. The third kappa shape index (κ3) is 2.33. The topological polar surface area (TPSA) is 48.1 Å². The first-order chi connectivity index (χ1) is 8.09. The molecule has 1 aromatic heterocycles. The van der Waals surface area contributed by atoms with Gasteiger partial charge in [0.25, 0.3) is 0 Å². The molecule has 1 aromatic carbocycles. The lowest BCUT2D eigenvalue weighted by molar-refractivity contribution is 0.172. The molecule has 3 nitrogen and oxygen atoms in total. The summed E-state index contributed by atoms with van der Waals surface area (Å²) in [6, 6.07) is 7.68. The highest BCUT2D eigenvalue weighted by molar-refractivity contribution is 5.93. The normalized spacial score (nSPS) is 12.9. The lowest BCUT2D eigenvalue weighted by Crippen LogP contribution is -2.19. The first-order valence-electron chi connectivity index (χ1n) is 5.89. The quantitative estimate of drug-likeness (QED) is 0.823. The van der Waals surface area contributed by atoms with Crippen LogP contribution in [0.15, 0.2) is 30.5 Å². The summed E-state index contributed by atoms with van der Waals surface area (Å²) < 4.78 is 5.86. The fraction of sp³-hybridized carbons (Fsp3) is 0.357. The highest BCUT2D eigenvalue weighted by Gasteiger charge is 2.12. The van der Waals surface area contributed by atoms with E-state index in [1.165, 1.54) is 0 Å². The van der Waals surface area contributed by atoms with Crippen molar-refractivity contribution in [2.75, 3.05) is 5.73 Å². The molecule has 0 spiro atoms. The first-order valence-corrected chi connectivity index (χ1v) is 5.89. The van der Waals surface area contributed by atoms with E-state index in [1.54, 1.807) is 6.20 Å².